The number of nitrogens with zero attached hydrogens (tertiary/aromatic N) is 3. The molecule has 1 aromatic heterocycles. The van der Waals surface area contributed by atoms with Gasteiger partial charge < -0.3 is 10.0 Å². The van der Waals surface area contributed by atoms with Crippen LogP contribution in [0.4, 0.5) is 11.4 Å². The molecule has 6 nitrogen and oxygen atoms in total. The summed E-state index contributed by atoms with van der Waals surface area (Å²) in [5.74, 6) is 0.568. The Morgan fingerprint density at radius 1 is 1.32 bits per heavy atom. The van der Waals surface area contributed by atoms with E-state index in [2.05, 4.69) is 9.88 Å². The number of fused-ring (bicyclic) bond motifs is 1. The lowest BCUT2D eigenvalue weighted by Gasteiger charge is -2.33. The summed E-state index contributed by atoms with van der Waals surface area (Å²) in [7, 11) is 0. The van der Waals surface area contributed by atoms with Crippen LogP contribution >= 0.6 is 0 Å². The van der Waals surface area contributed by atoms with Crippen molar-refractivity contribution in [3.05, 3.63) is 40.6 Å². The molecule has 0 bridgehead atoms. The maximum absolute atomic E-state index is 11.2. The SMILES string of the molecule is O=[N+]([O-])c1ccc(N2CCC(CCO)CC2)c2ncccc12. The van der Waals surface area contributed by atoms with Gasteiger partial charge in [0.25, 0.3) is 5.69 Å². The van der Waals surface area contributed by atoms with Crippen LogP contribution in [0.15, 0.2) is 30.5 Å². The Morgan fingerprint density at radius 3 is 2.77 bits per heavy atom. The van der Waals surface area contributed by atoms with E-state index in [4.69, 9.17) is 5.11 Å². The van der Waals surface area contributed by atoms with E-state index in [9.17, 15) is 10.1 Å². The van der Waals surface area contributed by atoms with Crippen LogP contribution < -0.4 is 4.90 Å². The van der Waals surface area contributed by atoms with E-state index in [1.165, 1.54) is 0 Å². The van der Waals surface area contributed by atoms with Crippen molar-refractivity contribution in [3.63, 3.8) is 0 Å². The largest absolute Gasteiger partial charge is 0.396 e. The Labute approximate surface area is 128 Å². The highest BCUT2D eigenvalue weighted by atomic mass is 16.6. The van der Waals surface area contributed by atoms with Gasteiger partial charge in [-0.15, -0.1) is 0 Å². The highest BCUT2D eigenvalue weighted by molar-refractivity contribution is 5.97. The Kier molecular flexibility index (Phi) is 4.20. The highest BCUT2D eigenvalue weighted by Crippen LogP contribution is 2.34. The summed E-state index contributed by atoms with van der Waals surface area (Å²) < 4.78 is 0. The predicted molar refractivity (Wildman–Crippen MR) is 85.0 cm³/mol. The molecule has 0 amide bonds. The van der Waals surface area contributed by atoms with Gasteiger partial charge in [-0.3, -0.25) is 15.1 Å². The smallest absolute Gasteiger partial charge is 0.278 e. The normalized spacial score (nSPS) is 16.1. The molecular formula is C16H19N3O3. The first-order chi connectivity index (χ1) is 10.7. The number of rotatable bonds is 4. The second-order valence-corrected chi connectivity index (χ2v) is 5.70. The average molecular weight is 301 g/mol. The van der Waals surface area contributed by atoms with E-state index in [-0.39, 0.29) is 17.2 Å². The molecule has 2 aromatic rings. The number of anilines is 1. The maximum atomic E-state index is 11.2. The van der Waals surface area contributed by atoms with E-state index >= 15 is 0 Å². The number of hydrogen-bond acceptors (Lipinski definition) is 5. The fourth-order valence-corrected chi connectivity index (χ4v) is 3.20. The molecule has 0 spiro atoms. The van der Waals surface area contributed by atoms with E-state index < -0.39 is 0 Å². The van der Waals surface area contributed by atoms with Crippen LogP contribution in [-0.2, 0) is 0 Å². The molecule has 0 unspecified atom stereocenters. The van der Waals surface area contributed by atoms with E-state index in [1.807, 2.05) is 0 Å². The minimum Gasteiger partial charge on any atom is -0.396 e. The van der Waals surface area contributed by atoms with Crippen molar-refractivity contribution in [2.45, 2.75) is 19.3 Å². The molecular weight excluding hydrogens is 282 g/mol. The standard InChI is InChI=1S/C16H19N3O3/c20-11-7-12-5-9-18(10-6-12)15-4-3-14(19(21)22)13-2-1-8-17-16(13)15/h1-4,8,12,20H,5-7,9-11H2. The topological polar surface area (TPSA) is 79.5 Å². The van der Waals surface area contributed by atoms with Gasteiger partial charge >= 0.3 is 0 Å². The van der Waals surface area contributed by atoms with Gasteiger partial charge in [-0.2, -0.15) is 0 Å². The number of hydrogen-bond donors (Lipinski definition) is 1. The molecule has 1 N–H and O–H groups in total. The molecule has 1 aliphatic rings. The number of piperidine rings is 1. The second kappa shape index (κ2) is 6.27. The summed E-state index contributed by atoms with van der Waals surface area (Å²) in [5, 5.41) is 20.8. The van der Waals surface area contributed by atoms with Crippen molar-refractivity contribution in [3.8, 4) is 0 Å². The van der Waals surface area contributed by atoms with Crippen LogP contribution in [-0.4, -0.2) is 34.7 Å². The van der Waals surface area contributed by atoms with Crippen molar-refractivity contribution >= 4 is 22.3 Å². The summed E-state index contributed by atoms with van der Waals surface area (Å²) in [4.78, 5) is 17.4. The minimum atomic E-state index is -0.360. The summed E-state index contributed by atoms with van der Waals surface area (Å²) in [6.07, 6.45) is 4.60. The van der Waals surface area contributed by atoms with E-state index in [0.29, 0.717) is 16.8 Å². The van der Waals surface area contributed by atoms with Crippen molar-refractivity contribution in [2.24, 2.45) is 5.92 Å². The Morgan fingerprint density at radius 2 is 2.09 bits per heavy atom. The summed E-state index contributed by atoms with van der Waals surface area (Å²) >= 11 is 0. The molecule has 0 saturated carbocycles. The molecule has 1 saturated heterocycles. The Balaban J connectivity index is 1.92. The Hall–Kier alpha value is -2.21. The molecule has 1 aromatic carbocycles. The number of aliphatic hydroxyl groups excluding tert-OH is 1. The van der Waals surface area contributed by atoms with Crippen molar-refractivity contribution in [1.82, 2.24) is 4.98 Å². The van der Waals surface area contributed by atoms with Gasteiger partial charge in [-0.05, 0) is 43.4 Å². The first-order valence-electron chi connectivity index (χ1n) is 7.58. The predicted octanol–water partition coefficient (Wildman–Crippen LogP) is 2.74. The first-order valence-corrected chi connectivity index (χ1v) is 7.58. The first kappa shape index (κ1) is 14.7. The monoisotopic (exact) mass is 301 g/mol. The number of benzene rings is 1. The maximum Gasteiger partial charge on any atom is 0.278 e. The molecule has 116 valence electrons. The highest BCUT2D eigenvalue weighted by Gasteiger charge is 2.23. The van der Waals surface area contributed by atoms with Crippen LogP contribution in [0.1, 0.15) is 19.3 Å². The zero-order chi connectivity index (χ0) is 15.5. The van der Waals surface area contributed by atoms with Gasteiger partial charge in [0.2, 0.25) is 0 Å². The van der Waals surface area contributed by atoms with E-state index in [0.717, 1.165) is 38.0 Å². The molecule has 0 aliphatic carbocycles. The molecule has 1 fully saturated rings. The van der Waals surface area contributed by atoms with Gasteiger partial charge in [0.05, 0.1) is 16.0 Å². The van der Waals surface area contributed by atoms with Crippen molar-refractivity contribution in [2.75, 3.05) is 24.6 Å². The number of aromatic nitrogens is 1. The lowest BCUT2D eigenvalue weighted by molar-refractivity contribution is -0.383. The fraction of sp³-hybridized carbons (Fsp3) is 0.438. The number of non-ortho nitro benzene ring substituents is 1. The number of pyridine rings is 1. The molecule has 0 radical (unpaired) electrons. The summed E-state index contributed by atoms with van der Waals surface area (Å²) in [6, 6.07) is 6.86. The number of nitro groups is 1. The average Bonchev–Trinajstić information content (AvgIpc) is 2.55. The number of nitro benzene ring substituents is 1. The van der Waals surface area contributed by atoms with Gasteiger partial charge in [0.1, 0.15) is 5.52 Å². The lowest BCUT2D eigenvalue weighted by Crippen LogP contribution is -2.34. The molecule has 3 rings (SSSR count). The Bertz CT molecular complexity index is 681. The van der Waals surface area contributed by atoms with Crippen LogP contribution in [0.25, 0.3) is 10.9 Å². The third-order valence-electron chi connectivity index (χ3n) is 4.41. The molecule has 2 heterocycles. The fourth-order valence-electron chi connectivity index (χ4n) is 3.20. The minimum absolute atomic E-state index is 0.0991. The molecule has 1 aliphatic heterocycles. The zero-order valence-corrected chi connectivity index (χ0v) is 12.3. The van der Waals surface area contributed by atoms with Gasteiger partial charge in [-0.25, -0.2) is 0 Å². The molecule has 22 heavy (non-hydrogen) atoms. The third-order valence-corrected chi connectivity index (χ3v) is 4.41. The second-order valence-electron chi connectivity index (χ2n) is 5.70. The summed E-state index contributed by atoms with van der Waals surface area (Å²) in [5.41, 5.74) is 1.75. The van der Waals surface area contributed by atoms with Crippen molar-refractivity contribution in [1.29, 1.82) is 0 Å². The lowest BCUT2D eigenvalue weighted by atomic mass is 9.93. The van der Waals surface area contributed by atoms with E-state index in [1.54, 1.807) is 30.5 Å². The van der Waals surface area contributed by atoms with Crippen LogP contribution in [0.5, 0.6) is 0 Å². The van der Waals surface area contributed by atoms with Gasteiger partial charge in [0.15, 0.2) is 0 Å². The van der Waals surface area contributed by atoms with Crippen LogP contribution in [0, 0.1) is 16.0 Å². The van der Waals surface area contributed by atoms with Gasteiger partial charge in [-0.1, -0.05) is 0 Å². The molecule has 0 atom stereocenters. The zero-order valence-electron chi connectivity index (χ0n) is 12.3. The third kappa shape index (κ3) is 2.74. The molecule has 6 heteroatoms. The number of aliphatic hydroxyl groups is 1. The van der Waals surface area contributed by atoms with Gasteiger partial charge in [0, 0.05) is 32.0 Å². The quantitative estimate of drug-likeness (QED) is 0.694. The summed E-state index contributed by atoms with van der Waals surface area (Å²) in [6.45, 7) is 2.04. The van der Waals surface area contributed by atoms with Crippen LogP contribution in [0.3, 0.4) is 0 Å². The van der Waals surface area contributed by atoms with Crippen molar-refractivity contribution < 1.29 is 10.0 Å². The van der Waals surface area contributed by atoms with Crippen LogP contribution in [0.2, 0.25) is 0 Å².